The number of nitro groups is 1. The zero-order valence-corrected chi connectivity index (χ0v) is 12.5. The maximum Gasteiger partial charge on any atom is 0.276 e. The van der Waals surface area contributed by atoms with Crippen LogP contribution in [0.2, 0.25) is 0 Å². The molecule has 116 valence electrons. The topological polar surface area (TPSA) is 89.3 Å². The van der Waals surface area contributed by atoms with Crippen LogP contribution in [0.5, 0.6) is 0 Å². The molecule has 7 heteroatoms. The van der Waals surface area contributed by atoms with Crippen molar-refractivity contribution in [3.8, 4) is 0 Å². The Labute approximate surface area is 124 Å². The molecule has 2 N–H and O–H groups in total. The quantitative estimate of drug-likeness (QED) is 0.593. The van der Waals surface area contributed by atoms with Gasteiger partial charge in [-0.05, 0) is 25.7 Å². The van der Waals surface area contributed by atoms with E-state index < -0.39 is 4.92 Å². The van der Waals surface area contributed by atoms with Crippen molar-refractivity contribution >= 4 is 17.3 Å². The lowest BCUT2D eigenvalue weighted by Gasteiger charge is -2.14. The summed E-state index contributed by atoms with van der Waals surface area (Å²) in [4.78, 5) is 15.0. The monoisotopic (exact) mass is 294 g/mol. The second-order valence-electron chi connectivity index (χ2n) is 5.29. The van der Waals surface area contributed by atoms with Crippen LogP contribution >= 0.6 is 0 Å². The fourth-order valence-electron chi connectivity index (χ4n) is 2.53. The van der Waals surface area contributed by atoms with Crippen LogP contribution in [0.15, 0.2) is 12.1 Å². The number of rotatable bonds is 7. The van der Waals surface area contributed by atoms with Crippen molar-refractivity contribution in [1.29, 1.82) is 0 Å². The molecule has 1 saturated carbocycles. The summed E-state index contributed by atoms with van der Waals surface area (Å²) in [6, 6.07) is 3.20. The molecule has 0 saturated heterocycles. The molecular weight excluding hydrogens is 272 g/mol. The smallest absolute Gasteiger partial charge is 0.276 e. The molecule has 2 rings (SSSR count). The Morgan fingerprint density at radius 3 is 2.81 bits per heavy atom. The predicted octanol–water partition coefficient (Wildman–Crippen LogP) is 2.79. The summed E-state index contributed by atoms with van der Waals surface area (Å²) in [6.45, 7) is 2.77. The van der Waals surface area contributed by atoms with Crippen LogP contribution in [0.1, 0.15) is 32.6 Å². The number of methoxy groups -OCH3 is 1. The Morgan fingerprint density at radius 2 is 2.19 bits per heavy atom. The highest BCUT2D eigenvalue weighted by atomic mass is 16.6. The lowest BCUT2D eigenvalue weighted by atomic mass is 10.2. The highest BCUT2D eigenvalue weighted by molar-refractivity contribution is 5.55. The molecular formula is C14H22N4O3. The number of hydrogen-bond acceptors (Lipinski definition) is 6. The van der Waals surface area contributed by atoms with Crippen LogP contribution in [0.25, 0.3) is 0 Å². The van der Waals surface area contributed by atoms with Gasteiger partial charge in [-0.1, -0.05) is 6.92 Å². The fraction of sp³-hybridized carbons (Fsp3) is 0.643. The van der Waals surface area contributed by atoms with Crippen molar-refractivity contribution in [3.63, 3.8) is 0 Å². The van der Waals surface area contributed by atoms with Gasteiger partial charge in [0, 0.05) is 19.7 Å². The second kappa shape index (κ2) is 7.21. The Kier molecular flexibility index (Phi) is 5.32. The minimum Gasteiger partial charge on any atom is -0.381 e. The van der Waals surface area contributed by atoms with Gasteiger partial charge in [0.1, 0.15) is 11.6 Å². The standard InChI is InChI=1S/C14H22N4O3/c1-3-6-15-13-8-11(18(19)20)9-14(17-13)16-10-4-5-12(7-10)21-2/h8-10,12H,3-7H2,1-2H3,(H2,15,16,17). The summed E-state index contributed by atoms with van der Waals surface area (Å²) >= 11 is 0. The van der Waals surface area contributed by atoms with Crippen molar-refractivity contribution in [2.45, 2.75) is 44.8 Å². The van der Waals surface area contributed by atoms with Gasteiger partial charge in [0.2, 0.25) is 0 Å². The van der Waals surface area contributed by atoms with Crippen LogP contribution in [0.3, 0.4) is 0 Å². The molecule has 2 atom stereocenters. The first-order valence-corrected chi connectivity index (χ1v) is 7.32. The largest absolute Gasteiger partial charge is 0.381 e. The normalized spacial score (nSPS) is 21.2. The first-order chi connectivity index (χ1) is 10.1. The van der Waals surface area contributed by atoms with E-state index >= 15 is 0 Å². The molecule has 1 heterocycles. The van der Waals surface area contributed by atoms with Gasteiger partial charge in [0.05, 0.1) is 23.2 Å². The molecule has 1 fully saturated rings. The summed E-state index contributed by atoms with van der Waals surface area (Å²) < 4.78 is 5.34. The molecule has 1 aromatic rings. The van der Waals surface area contributed by atoms with Gasteiger partial charge in [0.25, 0.3) is 5.69 Å². The molecule has 21 heavy (non-hydrogen) atoms. The SMILES string of the molecule is CCCNc1cc([N+](=O)[O-])cc(NC2CCC(OC)C2)n1. The molecule has 1 aromatic heterocycles. The number of ether oxygens (including phenoxy) is 1. The molecule has 0 amide bonds. The van der Waals surface area contributed by atoms with Crippen LogP contribution < -0.4 is 10.6 Å². The van der Waals surface area contributed by atoms with E-state index in [2.05, 4.69) is 15.6 Å². The molecule has 0 spiro atoms. The Balaban J connectivity index is 2.10. The van der Waals surface area contributed by atoms with E-state index in [9.17, 15) is 10.1 Å². The summed E-state index contributed by atoms with van der Waals surface area (Å²) in [7, 11) is 1.71. The molecule has 1 aliphatic carbocycles. The summed E-state index contributed by atoms with van der Waals surface area (Å²) in [6.07, 6.45) is 4.09. The van der Waals surface area contributed by atoms with Crippen LogP contribution in [-0.4, -0.2) is 35.7 Å². The zero-order chi connectivity index (χ0) is 15.2. The van der Waals surface area contributed by atoms with Crippen LogP contribution in [0.4, 0.5) is 17.3 Å². The average molecular weight is 294 g/mol. The minimum atomic E-state index is -0.392. The van der Waals surface area contributed by atoms with Gasteiger partial charge in [-0.2, -0.15) is 0 Å². The predicted molar refractivity (Wildman–Crippen MR) is 81.7 cm³/mol. The molecule has 7 nitrogen and oxygen atoms in total. The molecule has 0 bridgehead atoms. The summed E-state index contributed by atoms with van der Waals surface area (Å²) in [5.74, 6) is 1.08. The zero-order valence-electron chi connectivity index (χ0n) is 12.5. The van der Waals surface area contributed by atoms with Crippen molar-refractivity contribution in [2.75, 3.05) is 24.3 Å². The third-order valence-electron chi connectivity index (χ3n) is 3.65. The molecule has 0 radical (unpaired) electrons. The van der Waals surface area contributed by atoms with E-state index in [1.807, 2.05) is 6.92 Å². The summed E-state index contributed by atoms with van der Waals surface area (Å²) in [5, 5.41) is 17.4. The maximum atomic E-state index is 11.0. The van der Waals surface area contributed by atoms with Crippen LogP contribution in [-0.2, 0) is 4.74 Å². The number of nitrogens with one attached hydrogen (secondary N) is 2. The Morgan fingerprint density at radius 1 is 1.43 bits per heavy atom. The lowest BCUT2D eigenvalue weighted by Crippen LogP contribution is -2.18. The lowest BCUT2D eigenvalue weighted by molar-refractivity contribution is -0.384. The molecule has 2 unspecified atom stereocenters. The van der Waals surface area contributed by atoms with E-state index in [0.717, 1.165) is 32.2 Å². The number of nitrogens with zero attached hydrogens (tertiary/aromatic N) is 2. The third-order valence-corrected chi connectivity index (χ3v) is 3.65. The Hall–Kier alpha value is -1.89. The fourth-order valence-corrected chi connectivity index (χ4v) is 2.53. The molecule has 0 aromatic carbocycles. The maximum absolute atomic E-state index is 11.0. The highest BCUT2D eigenvalue weighted by Gasteiger charge is 2.25. The average Bonchev–Trinajstić information content (AvgIpc) is 2.92. The highest BCUT2D eigenvalue weighted by Crippen LogP contribution is 2.27. The first-order valence-electron chi connectivity index (χ1n) is 7.32. The van der Waals surface area contributed by atoms with Crippen molar-refractivity contribution in [3.05, 3.63) is 22.2 Å². The van der Waals surface area contributed by atoms with Gasteiger partial charge in [-0.3, -0.25) is 10.1 Å². The third kappa shape index (κ3) is 4.29. The first kappa shape index (κ1) is 15.5. The van der Waals surface area contributed by atoms with Gasteiger partial charge >= 0.3 is 0 Å². The van der Waals surface area contributed by atoms with Gasteiger partial charge in [-0.25, -0.2) is 4.98 Å². The molecule has 0 aliphatic heterocycles. The van der Waals surface area contributed by atoms with Crippen LogP contribution in [0, 0.1) is 10.1 Å². The minimum absolute atomic E-state index is 0.0485. The van der Waals surface area contributed by atoms with Gasteiger partial charge in [0.15, 0.2) is 0 Å². The van der Waals surface area contributed by atoms with E-state index in [0.29, 0.717) is 11.6 Å². The number of hydrogen-bond donors (Lipinski definition) is 2. The van der Waals surface area contributed by atoms with E-state index in [4.69, 9.17) is 4.74 Å². The molecule has 1 aliphatic rings. The van der Waals surface area contributed by atoms with Crippen molar-refractivity contribution in [2.24, 2.45) is 0 Å². The van der Waals surface area contributed by atoms with E-state index in [1.165, 1.54) is 12.1 Å². The van der Waals surface area contributed by atoms with E-state index in [1.54, 1.807) is 7.11 Å². The van der Waals surface area contributed by atoms with Crippen molar-refractivity contribution < 1.29 is 9.66 Å². The van der Waals surface area contributed by atoms with Gasteiger partial charge in [-0.15, -0.1) is 0 Å². The second-order valence-corrected chi connectivity index (χ2v) is 5.29. The van der Waals surface area contributed by atoms with Crippen molar-refractivity contribution in [1.82, 2.24) is 4.98 Å². The Bertz CT molecular complexity index is 495. The number of pyridine rings is 1. The summed E-state index contributed by atoms with van der Waals surface area (Å²) in [5.41, 5.74) is 0.0485. The van der Waals surface area contributed by atoms with Gasteiger partial charge < -0.3 is 15.4 Å². The number of anilines is 2. The number of aromatic nitrogens is 1. The van der Waals surface area contributed by atoms with E-state index in [-0.39, 0.29) is 17.8 Å².